The Kier molecular flexibility index (Phi) is 2.44. The number of hydrogen-bond acceptors (Lipinski definition) is 3. The second kappa shape index (κ2) is 4.09. The van der Waals surface area contributed by atoms with Crippen LogP contribution in [0.2, 0.25) is 0 Å². The first kappa shape index (κ1) is 10.1. The number of fused-ring (bicyclic) bond motifs is 1. The Morgan fingerprint density at radius 1 is 1.24 bits per heavy atom. The van der Waals surface area contributed by atoms with Gasteiger partial charge < -0.3 is 10.1 Å². The fourth-order valence-corrected chi connectivity index (χ4v) is 2.01. The average Bonchev–Trinajstić information content (AvgIpc) is 2.76. The van der Waals surface area contributed by atoms with Crippen LogP contribution in [0.25, 0.3) is 0 Å². The molecule has 1 aromatic carbocycles. The second-order valence-electron chi connectivity index (χ2n) is 4.27. The summed E-state index contributed by atoms with van der Waals surface area (Å²) in [6.07, 6.45) is 1.87. The number of para-hydroxylation sites is 1. The Labute approximate surface area is 100 Å². The van der Waals surface area contributed by atoms with Gasteiger partial charge in [-0.2, -0.15) is 0 Å². The van der Waals surface area contributed by atoms with Crippen molar-refractivity contribution in [2.24, 2.45) is 0 Å². The van der Waals surface area contributed by atoms with Gasteiger partial charge >= 0.3 is 0 Å². The number of aromatic nitrogens is 1. The number of anilines is 1. The van der Waals surface area contributed by atoms with Gasteiger partial charge in [0.15, 0.2) is 0 Å². The molecule has 0 spiro atoms. The first-order valence-corrected chi connectivity index (χ1v) is 5.74. The Hall–Kier alpha value is -2.03. The van der Waals surface area contributed by atoms with E-state index in [1.807, 2.05) is 37.4 Å². The van der Waals surface area contributed by atoms with Gasteiger partial charge in [-0.25, -0.2) is 4.98 Å². The molecule has 0 saturated heterocycles. The third-order valence-corrected chi connectivity index (χ3v) is 2.93. The minimum Gasteiger partial charge on any atom is -0.491 e. The van der Waals surface area contributed by atoms with Crippen LogP contribution in [0.3, 0.4) is 0 Å². The van der Waals surface area contributed by atoms with Gasteiger partial charge in [0.1, 0.15) is 18.2 Å². The number of aryl methyl sites for hydroxylation is 1. The normalized spacial score (nSPS) is 17.4. The third kappa shape index (κ3) is 1.96. The highest BCUT2D eigenvalue weighted by Crippen LogP contribution is 2.33. The highest BCUT2D eigenvalue weighted by Gasteiger charge is 2.23. The maximum atomic E-state index is 5.62. The minimum atomic E-state index is 0.196. The van der Waals surface area contributed by atoms with E-state index in [1.165, 1.54) is 11.1 Å². The van der Waals surface area contributed by atoms with Gasteiger partial charge in [-0.05, 0) is 24.6 Å². The molecule has 1 unspecified atom stereocenters. The summed E-state index contributed by atoms with van der Waals surface area (Å²) in [6.45, 7) is 2.69. The summed E-state index contributed by atoms with van der Waals surface area (Å²) in [5, 5.41) is 3.39. The number of rotatable bonds is 2. The molecule has 1 aromatic heterocycles. The monoisotopic (exact) mass is 226 g/mol. The van der Waals surface area contributed by atoms with E-state index in [9.17, 15) is 0 Å². The average molecular weight is 226 g/mol. The predicted molar refractivity (Wildman–Crippen MR) is 67.3 cm³/mol. The van der Waals surface area contributed by atoms with Gasteiger partial charge in [0, 0.05) is 11.8 Å². The summed E-state index contributed by atoms with van der Waals surface area (Å²) in [5.74, 6) is 1.86. The Balaban J connectivity index is 1.81. The van der Waals surface area contributed by atoms with Crippen LogP contribution in [-0.4, -0.2) is 11.6 Å². The Morgan fingerprint density at radius 2 is 2.12 bits per heavy atom. The highest BCUT2D eigenvalue weighted by atomic mass is 16.5. The smallest absolute Gasteiger partial charge is 0.126 e. The summed E-state index contributed by atoms with van der Waals surface area (Å²) in [6, 6.07) is 12.4. The van der Waals surface area contributed by atoms with Gasteiger partial charge in [-0.3, -0.25) is 0 Å². The number of nitrogens with one attached hydrogen (secondary N) is 1. The topological polar surface area (TPSA) is 34.1 Å². The molecular weight excluding hydrogens is 212 g/mol. The molecule has 3 rings (SSSR count). The van der Waals surface area contributed by atoms with E-state index in [1.54, 1.807) is 0 Å². The van der Waals surface area contributed by atoms with Crippen LogP contribution in [0.4, 0.5) is 5.82 Å². The van der Waals surface area contributed by atoms with Gasteiger partial charge in [0.05, 0.1) is 6.04 Å². The number of hydrogen-bond donors (Lipinski definition) is 1. The van der Waals surface area contributed by atoms with E-state index in [2.05, 4.69) is 22.4 Å². The summed E-state index contributed by atoms with van der Waals surface area (Å²) >= 11 is 0. The summed E-state index contributed by atoms with van der Waals surface area (Å²) in [4.78, 5) is 4.35. The fourth-order valence-electron chi connectivity index (χ4n) is 2.01. The molecule has 17 heavy (non-hydrogen) atoms. The number of nitrogens with zero attached hydrogens (tertiary/aromatic N) is 1. The molecular formula is C14H14N2O. The molecule has 3 nitrogen and oxygen atoms in total. The van der Waals surface area contributed by atoms with Gasteiger partial charge in [-0.15, -0.1) is 0 Å². The van der Waals surface area contributed by atoms with Crippen molar-refractivity contribution in [3.05, 3.63) is 53.7 Å². The molecule has 0 radical (unpaired) electrons. The lowest BCUT2D eigenvalue weighted by Gasteiger charge is -2.12. The van der Waals surface area contributed by atoms with Crippen LogP contribution < -0.4 is 10.1 Å². The first-order valence-electron chi connectivity index (χ1n) is 5.74. The van der Waals surface area contributed by atoms with E-state index < -0.39 is 0 Å². The van der Waals surface area contributed by atoms with Crippen molar-refractivity contribution in [2.45, 2.75) is 13.0 Å². The van der Waals surface area contributed by atoms with E-state index in [4.69, 9.17) is 4.74 Å². The summed E-state index contributed by atoms with van der Waals surface area (Å²) in [5.41, 5.74) is 2.37. The molecule has 0 aliphatic carbocycles. The third-order valence-electron chi connectivity index (χ3n) is 2.93. The highest BCUT2D eigenvalue weighted by molar-refractivity contribution is 5.46. The van der Waals surface area contributed by atoms with Crippen molar-refractivity contribution in [2.75, 3.05) is 11.9 Å². The summed E-state index contributed by atoms with van der Waals surface area (Å²) in [7, 11) is 0. The predicted octanol–water partition coefficient (Wildman–Crippen LogP) is 2.94. The Bertz CT molecular complexity index is 522. The van der Waals surface area contributed by atoms with Crippen molar-refractivity contribution in [1.29, 1.82) is 0 Å². The molecule has 0 fully saturated rings. The molecule has 1 aliphatic rings. The first-order chi connectivity index (χ1) is 8.33. The molecule has 1 N–H and O–H groups in total. The quantitative estimate of drug-likeness (QED) is 0.854. The maximum absolute atomic E-state index is 5.62. The molecule has 0 saturated carbocycles. The van der Waals surface area contributed by atoms with Crippen LogP contribution in [-0.2, 0) is 0 Å². The van der Waals surface area contributed by atoms with Crippen molar-refractivity contribution in [3.63, 3.8) is 0 Å². The van der Waals surface area contributed by atoms with Crippen molar-refractivity contribution >= 4 is 5.82 Å². The largest absolute Gasteiger partial charge is 0.491 e. The van der Waals surface area contributed by atoms with Gasteiger partial charge in [0.25, 0.3) is 0 Å². The molecule has 86 valence electrons. The molecule has 0 amide bonds. The SMILES string of the molecule is Cc1ccc(NC2COc3ccccc32)nc1. The molecule has 3 heteroatoms. The Morgan fingerprint density at radius 3 is 2.94 bits per heavy atom. The van der Waals surface area contributed by atoms with E-state index in [0.29, 0.717) is 6.61 Å². The van der Waals surface area contributed by atoms with E-state index in [0.717, 1.165) is 11.6 Å². The van der Waals surface area contributed by atoms with Crippen molar-refractivity contribution in [1.82, 2.24) is 4.98 Å². The van der Waals surface area contributed by atoms with Crippen LogP contribution in [0.5, 0.6) is 5.75 Å². The molecule has 2 aromatic rings. The van der Waals surface area contributed by atoms with Gasteiger partial charge in [0.2, 0.25) is 0 Å². The lowest BCUT2D eigenvalue weighted by Crippen LogP contribution is -2.12. The van der Waals surface area contributed by atoms with Gasteiger partial charge in [-0.1, -0.05) is 24.3 Å². The zero-order valence-corrected chi connectivity index (χ0v) is 9.68. The molecule has 2 heterocycles. The lowest BCUT2D eigenvalue weighted by atomic mass is 10.1. The fraction of sp³-hybridized carbons (Fsp3) is 0.214. The zero-order chi connectivity index (χ0) is 11.7. The maximum Gasteiger partial charge on any atom is 0.126 e. The molecule has 1 aliphatic heterocycles. The number of ether oxygens (including phenoxy) is 1. The van der Waals surface area contributed by atoms with Crippen molar-refractivity contribution < 1.29 is 4.74 Å². The molecule has 0 bridgehead atoms. The minimum absolute atomic E-state index is 0.196. The van der Waals surface area contributed by atoms with Crippen LogP contribution in [0.1, 0.15) is 17.2 Å². The number of pyridine rings is 1. The lowest BCUT2D eigenvalue weighted by molar-refractivity contribution is 0.339. The van der Waals surface area contributed by atoms with E-state index in [-0.39, 0.29) is 6.04 Å². The standard InChI is InChI=1S/C14H14N2O/c1-10-6-7-14(15-8-10)16-12-9-17-13-5-3-2-4-11(12)13/h2-8,12H,9H2,1H3,(H,15,16). The summed E-state index contributed by atoms with van der Waals surface area (Å²) < 4.78 is 5.62. The van der Waals surface area contributed by atoms with Crippen molar-refractivity contribution in [3.8, 4) is 5.75 Å². The zero-order valence-electron chi connectivity index (χ0n) is 9.68. The van der Waals surface area contributed by atoms with Crippen LogP contribution >= 0.6 is 0 Å². The molecule has 1 atom stereocenters. The second-order valence-corrected chi connectivity index (χ2v) is 4.27. The number of benzene rings is 1. The van der Waals surface area contributed by atoms with Crippen LogP contribution in [0, 0.1) is 6.92 Å². The van der Waals surface area contributed by atoms with E-state index >= 15 is 0 Å². The van der Waals surface area contributed by atoms with Crippen LogP contribution in [0.15, 0.2) is 42.6 Å².